The molecule has 1 atom stereocenters. The number of amides is 1. The van der Waals surface area contributed by atoms with Gasteiger partial charge in [-0.3, -0.25) is 14.8 Å². The van der Waals surface area contributed by atoms with Crippen molar-refractivity contribution in [3.63, 3.8) is 0 Å². The Balaban J connectivity index is 1.45. The number of aromatic nitrogens is 2. The van der Waals surface area contributed by atoms with Crippen molar-refractivity contribution in [2.45, 2.75) is 19.0 Å². The first kappa shape index (κ1) is 16.7. The molecule has 2 aromatic heterocycles. The molecule has 2 aliphatic rings. The Morgan fingerprint density at radius 1 is 1.44 bits per heavy atom. The molecule has 8 heteroatoms. The molecule has 25 heavy (non-hydrogen) atoms. The number of fused-ring (bicyclic) bond motifs is 1. The van der Waals surface area contributed by atoms with Crippen LogP contribution in [-0.4, -0.2) is 60.4 Å². The molecule has 7 nitrogen and oxygen atoms in total. The van der Waals surface area contributed by atoms with Crippen molar-refractivity contribution in [3.05, 3.63) is 39.3 Å². The van der Waals surface area contributed by atoms with Gasteiger partial charge in [0.2, 0.25) is 0 Å². The van der Waals surface area contributed by atoms with Gasteiger partial charge in [-0.15, -0.1) is 11.3 Å². The quantitative estimate of drug-likeness (QED) is 0.738. The summed E-state index contributed by atoms with van der Waals surface area (Å²) in [4.78, 5) is 16.3. The van der Waals surface area contributed by atoms with E-state index in [1.807, 2.05) is 0 Å². The number of thiophene rings is 1. The monoisotopic (exact) mass is 361 g/mol. The second-order valence-electron chi connectivity index (χ2n) is 6.35. The van der Waals surface area contributed by atoms with E-state index in [0.29, 0.717) is 18.8 Å². The highest BCUT2D eigenvalue weighted by Crippen LogP contribution is 2.25. The number of nitrogens with one attached hydrogen (secondary N) is 3. The zero-order valence-electron chi connectivity index (χ0n) is 14.1. The first-order valence-corrected chi connectivity index (χ1v) is 9.61. The minimum atomic E-state index is -0.101. The van der Waals surface area contributed by atoms with Crippen LogP contribution in [-0.2, 0) is 17.7 Å². The smallest absolute Gasteiger partial charge is 0.272 e. The van der Waals surface area contributed by atoms with Crippen molar-refractivity contribution >= 4 is 17.2 Å². The minimum Gasteiger partial charge on any atom is -0.379 e. The highest BCUT2D eigenvalue weighted by molar-refractivity contribution is 7.10. The zero-order chi connectivity index (χ0) is 17.1. The second-order valence-corrected chi connectivity index (χ2v) is 7.32. The van der Waals surface area contributed by atoms with Gasteiger partial charge in [-0.1, -0.05) is 6.07 Å². The van der Waals surface area contributed by atoms with Crippen molar-refractivity contribution < 1.29 is 9.53 Å². The molecule has 2 aromatic rings. The van der Waals surface area contributed by atoms with Crippen LogP contribution >= 0.6 is 11.3 Å². The molecule has 0 radical (unpaired) electrons. The van der Waals surface area contributed by atoms with Crippen LogP contribution < -0.4 is 10.6 Å². The lowest BCUT2D eigenvalue weighted by Crippen LogP contribution is -2.43. The normalized spacial score (nSPS) is 19.4. The van der Waals surface area contributed by atoms with Crippen LogP contribution in [0, 0.1) is 0 Å². The van der Waals surface area contributed by atoms with Crippen LogP contribution in [0.2, 0.25) is 0 Å². The second kappa shape index (κ2) is 7.65. The van der Waals surface area contributed by atoms with Gasteiger partial charge < -0.3 is 15.4 Å². The van der Waals surface area contributed by atoms with Crippen molar-refractivity contribution in [1.82, 2.24) is 25.7 Å². The van der Waals surface area contributed by atoms with Gasteiger partial charge in [0.05, 0.1) is 19.3 Å². The molecule has 4 rings (SSSR count). The first-order valence-electron chi connectivity index (χ1n) is 8.73. The van der Waals surface area contributed by atoms with Gasteiger partial charge in [0.25, 0.3) is 5.91 Å². The minimum absolute atomic E-state index is 0.101. The highest BCUT2D eigenvalue weighted by Gasteiger charge is 2.26. The molecular formula is C17H23N5O2S. The summed E-state index contributed by atoms with van der Waals surface area (Å²) in [5.41, 5.74) is 2.60. The van der Waals surface area contributed by atoms with Crippen molar-refractivity contribution in [2.24, 2.45) is 0 Å². The highest BCUT2D eigenvalue weighted by atomic mass is 32.1. The lowest BCUT2D eigenvalue weighted by molar-refractivity contribution is 0.0169. The number of hydrogen-bond donors (Lipinski definition) is 3. The van der Waals surface area contributed by atoms with Crippen LogP contribution in [0.25, 0.3) is 0 Å². The maximum absolute atomic E-state index is 12.7. The molecule has 0 bridgehead atoms. The van der Waals surface area contributed by atoms with Crippen LogP contribution in [0.3, 0.4) is 0 Å². The SMILES string of the molecule is O=C(NCC(c1cccs1)N1CCOCC1)c1n[nH]c2c1CNCC2. The molecule has 1 unspecified atom stereocenters. The maximum Gasteiger partial charge on any atom is 0.272 e. The Kier molecular flexibility index (Phi) is 5.12. The average molecular weight is 361 g/mol. The Morgan fingerprint density at radius 3 is 3.12 bits per heavy atom. The lowest BCUT2D eigenvalue weighted by atomic mass is 10.1. The van der Waals surface area contributed by atoms with Gasteiger partial charge in [0.1, 0.15) is 0 Å². The van der Waals surface area contributed by atoms with E-state index in [1.54, 1.807) is 11.3 Å². The van der Waals surface area contributed by atoms with E-state index in [1.165, 1.54) is 4.88 Å². The molecule has 0 aromatic carbocycles. The fourth-order valence-corrected chi connectivity index (χ4v) is 4.33. The molecule has 1 saturated heterocycles. The Hall–Kier alpha value is -1.74. The summed E-state index contributed by atoms with van der Waals surface area (Å²) in [6, 6.07) is 4.38. The van der Waals surface area contributed by atoms with Crippen LogP contribution in [0.5, 0.6) is 0 Å². The third kappa shape index (κ3) is 3.62. The van der Waals surface area contributed by atoms with Crippen molar-refractivity contribution in [2.75, 3.05) is 39.4 Å². The van der Waals surface area contributed by atoms with E-state index < -0.39 is 0 Å². The molecule has 2 aliphatic heterocycles. The lowest BCUT2D eigenvalue weighted by Gasteiger charge is -2.34. The number of nitrogens with zero attached hydrogens (tertiary/aromatic N) is 2. The summed E-state index contributed by atoms with van der Waals surface area (Å²) in [7, 11) is 0. The van der Waals surface area contributed by atoms with E-state index in [9.17, 15) is 4.79 Å². The molecule has 1 fully saturated rings. The molecule has 4 heterocycles. The predicted octanol–water partition coefficient (Wildman–Crippen LogP) is 0.920. The van der Waals surface area contributed by atoms with E-state index in [4.69, 9.17) is 4.74 Å². The van der Waals surface area contributed by atoms with E-state index >= 15 is 0 Å². The molecule has 3 N–H and O–H groups in total. The maximum atomic E-state index is 12.7. The molecule has 0 aliphatic carbocycles. The number of aromatic amines is 1. The van der Waals surface area contributed by atoms with Gasteiger partial charge >= 0.3 is 0 Å². The molecule has 134 valence electrons. The zero-order valence-corrected chi connectivity index (χ0v) is 14.9. The standard InChI is InChI=1S/C17H23N5O2S/c23-17(16-12-10-18-4-3-13(12)20-21-16)19-11-14(15-2-1-9-25-15)22-5-7-24-8-6-22/h1-2,9,14,18H,3-8,10-11H2,(H,19,23)(H,20,21). The average Bonchev–Trinajstić information content (AvgIpc) is 3.32. The molecule has 0 saturated carbocycles. The summed E-state index contributed by atoms with van der Waals surface area (Å²) in [5, 5.41) is 15.7. The van der Waals surface area contributed by atoms with E-state index in [-0.39, 0.29) is 11.9 Å². The fraction of sp³-hybridized carbons (Fsp3) is 0.529. The topological polar surface area (TPSA) is 82.3 Å². The fourth-order valence-electron chi connectivity index (χ4n) is 3.47. The number of carbonyl (C=O) groups excluding carboxylic acids is 1. The summed E-state index contributed by atoms with van der Waals surface area (Å²) in [6.07, 6.45) is 0.890. The van der Waals surface area contributed by atoms with Crippen molar-refractivity contribution in [3.8, 4) is 0 Å². The summed E-state index contributed by atoms with van der Waals surface area (Å²) in [6.45, 7) is 5.47. The van der Waals surface area contributed by atoms with E-state index in [0.717, 1.165) is 50.5 Å². The number of carbonyl (C=O) groups is 1. The Labute approximate surface area is 150 Å². The third-order valence-electron chi connectivity index (χ3n) is 4.84. The number of rotatable bonds is 5. The van der Waals surface area contributed by atoms with Crippen LogP contribution in [0.1, 0.15) is 32.7 Å². The summed E-state index contributed by atoms with van der Waals surface area (Å²) < 4.78 is 5.47. The van der Waals surface area contributed by atoms with Gasteiger partial charge in [-0.05, 0) is 11.4 Å². The molecule has 0 spiro atoms. The Bertz CT molecular complexity index is 709. The van der Waals surface area contributed by atoms with Crippen LogP contribution in [0.4, 0.5) is 0 Å². The van der Waals surface area contributed by atoms with Crippen LogP contribution in [0.15, 0.2) is 17.5 Å². The number of ether oxygens (including phenoxy) is 1. The number of H-pyrrole nitrogens is 1. The third-order valence-corrected chi connectivity index (χ3v) is 5.81. The predicted molar refractivity (Wildman–Crippen MR) is 95.8 cm³/mol. The summed E-state index contributed by atoms with van der Waals surface area (Å²) >= 11 is 1.73. The van der Waals surface area contributed by atoms with Gasteiger partial charge in [-0.25, -0.2) is 0 Å². The largest absolute Gasteiger partial charge is 0.379 e. The van der Waals surface area contributed by atoms with E-state index in [2.05, 4.69) is 43.2 Å². The number of hydrogen-bond acceptors (Lipinski definition) is 6. The first-order chi connectivity index (χ1) is 12.3. The molecule has 1 amide bonds. The van der Waals surface area contributed by atoms with Gasteiger partial charge in [0, 0.05) is 55.3 Å². The molecular weight excluding hydrogens is 338 g/mol. The van der Waals surface area contributed by atoms with Gasteiger partial charge in [-0.2, -0.15) is 5.10 Å². The Morgan fingerprint density at radius 2 is 2.32 bits per heavy atom. The van der Waals surface area contributed by atoms with Crippen molar-refractivity contribution in [1.29, 1.82) is 0 Å². The number of morpholine rings is 1. The van der Waals surface area contributed by atoms with Gasteiger partial charge in [0.15, 0.2) is 5.69 Å². The summed E-state index contributed by atoms with van der Waals surface area (Å²) in [5.74, 6) is -0.101.